The highest BCUT2D eigenvalue weighted by Crippen LogP contribution is 2.26. The summed E-state index contributed by atoms with van der Waals surface area (Å²) in [7, 11) is 2.16. The Kier molecular flexibility index (Phi) is 3.89. The molecule has 2 N–H and O–H groups in total. The summed E-state index contributed by atoms with van der Waals surface area (Å²) in [6, 6.07) is 7.69. The van der Waals surface area contributed by atoms with Crippen molar-refractivity contribution in [3.63, 3.8) is 0 Å². The van der Waals surface area contributed by atoms with Crippen molar-refractivity contribution < 1.29 is 5.11 Å². The standard InChI is InChI=1S/C15H22N4O/c1-18-7-9-19(10-8-18)14(15-16-5-6-17-15)12-3-2-4-13(20)11-12/h2-4,11,14,20H,5-10H2,1H3,(H,16,17). The smallest absolute Gasteiger partial charge is 0.119 e. The highest BCUT2D eigenvalue weighted by atomic mass is 16.3. The van der Waals surface area contributed by atoms with E-state index >= 15 is 0 Å². The van der Waals surface area contributed by atoms with Crippen molar-refractivity contribution in [3.05, 3.63) is 29.8 Å². The molecule has 0 radical (unpaired) electrons. The van der Waals surface area contributed by atoms with Crippen LogP contribution in [0.5, 0.6) is 5.75 Å². The molecule has 2 aliphatic rings. The van der Waals surface area contributed by atoms with E-state index in [9.17, 15) is 5.11 Å². The van der Waals surface area contributed by atoms with Gasteiger partial charge in [0.05, 0.1) is 12.6 Å². The Labute approximate surface area is 119 Å². The zero-order chi connectivity index (χ0) is 13.9. The Morgan fingerprint density at radius 2 is 2.05 bits per heavy atom. The zero-order valence-electron chi connectivity index (χ0n) is 11.9. The van der Waals surface area contributed by atoms with Crippen molar-refractivity contribution in [1.29, 1.82) is 0 Å². The predicted octanol–water partition coefficient (Wildman–Crippen LogP) is 0.682. The van der Waals surface area contributed by atoms with E-state index in [0.29, 0.717) is 5.75 Å². The Balaban J connectivity index is 1.88. The number of aromatic hydroxyl groups is 1. The molecule has 1 unspecified atom stereocenters. The summed E-state index contributed by atoms with van der Waals surface area (Å²) < 4.78 is 0. The van der Waals surface area contributed by atoms with E-state index in [0.717, 1.165) is 50.7 Å². The highest BCUT2D eigenvalue weighted by Gasteiger charge is 2.29. The van der Waals surface area contributed by atoms with Crippen LogP contribution in [0.1, 0.15) is 11.6 Å². The van der Waals surface area contributed by atoms with E-state index in [-0.39, 0.29) is 6.04 Å². The lowest BCUT2D eigenvalue weighted by Crippen LogP contribution is -2.49. The van der Waals surface area contributed by atoms with Crippen LogP contribution in [0.25, 0.3) is 0 Å². The van der Waals surface area contributed by atoms with Crippen molar-refractivity contribution in [2.75, 3.05) is 46.3 Å². The number of rotatable bonds is 3. The van der Waals surface area contributed by atoms with Crippen LogP contribution in [0.4, 0.5) is 0 Å². The molecule has 1 aromatic carbocycles. The first-order valence-electron chi connectivity index (χ1n) is 7.24. The van der Waals surface area contributed by atoms with E-state index < -0.39 is 0 Å². The normalized spacial score (nSPS) is 22.4. The van der Waals surface area contributed by atoms with Gasteiger partial charge in [-0.3, -0.25) is 9.89 Å². The maximum Gasteiger partial charge on any atom is 0.119 e. The molecule has 0 saturated carbocycles. The third-order valence-electron chi connectivity index (χ3n) is 4.05. The van der Waals surface area contributed by atoms with Crippen LogP contribution in [0, 0.1) is 0 Å². The summed E-state index contributed by atoms with van der Waals surface area (Å²) in [5, 5.41) is 13.2. The van der Waals surface area contributed by atoms with Crippen LogP contribution in [0.3, 0.4) is 0 Å². The van der Waals surface area contributed by atoms with Crippen LogP contribution >= 0.6 is 0 Å². The number of nitrogens with zero attached hydrogens (tertiary/aromatic N) is 3. The van der Waals surface area contributed by atoms with Gasteiger partial charge >= 0.3 is 0 Å². The number of aliphatic imine (C=N–C) groups is 1. The molecule has 0 amide bonds. The predicted molar refractivity (Wildman–Crippen MR) is 80.2 cm³/mol. The van der Waals surface area contributed by atoms with Crippen molar-refractivity contribution in [3.8, 4) is 5.75 Å². The Hall–Kier alpha value is -1.59. The fraction of sp³-hybridized carbons (Fsp3) is 0.533. The first kappa shape index (κ1) is 13.4. The van der Waals surface area contributed by atoms with Gasteiger partial charge in [-0.1, -0.05) is 12.1 Å². The molecular weight excluding hydrogens is 252 g/mol. The average molecular weight is 274 g/mol. The number of phenolic OH excluding ortho intramolecular Hbond substituents is 1. The fourth-order valence-corrected chi connectivity index (χ4v) is 2.92. The van der Waals surface area contributed by atoms with Gasteiger partial charge < -0.3 is 15.3 Å². The van der Waals surface area contributed by atoms with Crippen LogP contribution in [0.2, 0.25) is 0 Å². The molecule has 5 heteroatoms. The highest BCUT2D eigenvalue weighted by molar-refractivity contribution is 5.89. The minimum absolute atomic E-state index is 0.137. The summed E-state index contributed by atoms with van der Waals surface area (Å²) in [4.78, 5) is 9.40. The van der Waals surface area contributed by atoms with Gasteiger partial charge in [0.2, 0.25) is 0 Å². The van der Waals surface area contributed by atoms with E-state index in [2.05, 4.69) is 33.2 Å². The summed E-state index contributed by atoms with van der Waals surface area (Å²) in [6.45, 7) is 5.96. The van der Waals surface area contributed by atoms with Gasteiger partial charge in [-0.2, -0.15) is 0 Å². The Morgan fingerprint density at radius 1 is 1.25 bits per heavy atom. The second-order valence-corrected chi connectivity index (χ2v) is 5.53. The minimum Gasteiger partial charge on any atom is -0.508 e. The third kappa shape index (κ3) is 2.78. The molecule has 0 bridgehead atoms. The molecule has 3 rings (SSSR count). The maximum atomic E-state index is 9.76. The topological polar surface area (TPSA) is 51.1 Å². The van der Waals surface area contributed by atoms with Gasteiger partial charge in [0.15, 0.2) is 0 Å². The van der Waals surface area contributed by atoms with Crippen molar-refractivity contribution in [2.24, 2.45) is 4.99 Å². The molecule has 1 atom stereocenters. The third-order valence-corrected chi connectivity index (χ3v) is 4.05. The lowest BCUT2D eigenvalue weighted by molar-refractivity contribution is 0.136. The average Bonchev–Trinajstić information content (AvgIpc) is 2.95. The molecule has 2 heterocycles. The van der Waals surface area contributed by atoms with Gasteiger partial charge in [0.25, 0.3) is 0 Å². The second kappa shape index (κ2) is 5.81. The van der Waals surface area contributed by atoms with Gasteiger partial charge in [-0.15, -0.1) is 0 Å². The molecule has 5 nitrogen and oxygen atoms in total. The van der Waals surface area contributed by atoms with Gasteiger partial charge in [0.1, 0.15) is 11.6 Å². The largest absolute Gasteiger partial charge is 0.508 e. The number of amidine groups is 1. The molecule has 2 aliphatic heterocycles. The van der Waals surface area contributed by atoms with Crippen LogP contribution in [-0.4, -0.2) is 67.1 Å². The van der Waals surface area contributed by atoms with Gasteiger partial charge in [-0.25, -0.2) is 0 Å². The van der Waals surface area contributed by atoms with Gasteiger partial charge in [-0.05, 0) is 24.7 Å². The number of piperazine rings is 1. The lowest BCUT2D eigenvalue weighted by atomic mass is 10.0. The van der Waals surface area contributed by atoms with Crippen molar-refractivity contribution >= 4 is 5.84 Å². The molecule has 108 valence electrons. The van der Waals surface area contributed by atoms with Crippen molar-refractivity contribution in [1.82, 2.24) is 15.1 Å². The number of likely N-dealkylation sites (N-methyl/N-ethyl adjacent to an activating group) is 1. The first-order valence-corrected chi connectivity index (χ1v) is 7.24. The maximum absolute atomic E-state index is 9.76. The molecule has 0 aromatic heterocycles. The summed E-state index contributed by atoms with van der Waals surface area (Å²) in [5.74, 6) is 1.36. The van der Waals surface area contributed by atoms with Crippen LogP contribution in [0.15, 0.2) is 29.3 Å². The van der Waals surface area contributed by atoms with E-state index in [4.69, 9.17) is 0 Å². The lowest BCUT2D eigenvalue weighted by Gasteiger charge is -2.38. The molecule has 1 aromatic rings. The van der Waals surface area contributed by atoms with Crippen LogP contribution in [-0.2, 0) is 0 Å². The number of hydrogen-bond donors (Lipinski definition) is 2. The molecule has 0 aliphatic carbocycles. The number of phenols is 1. The quantitative estimate of drug-likeness (QED) is 0.851. The number of benzene rings is 1. The van der Waals surface area contributed by atoms with Gasteiger partial charge in [0, 0.05) is 32.7 Å². The Morgan fingerprint density at radius 3 is 2.70 bits per heavy atom. The van der Waals surface area contributed by atoms with E-state index in [1.165, 1.54) is 0 Å². The molecular formula is C15H22N4O. The monoisotopic (exact) mass is 274 g/mol. The molecule has 0 spiro atoms. The van der Waals surface area contributed by atoms with Crippen molar-refractivity contribution in [2.45, 2.75) is 6.04 Å². The Bertz CT molecular complexity index is 494. The minimum atomic E-state index is 0.137. The number of nitrogens with one attached hydrogen (secondary N) is 1. The van der Waals surface area contributed by atoms with Crippen LogP contribution < -0.4 is 5.32 Å². The molecule has 1 saturated heterocycles. The van der Waals surface area contributed by atoms with E-state index in [1.54, 1.807) is 6.07 Å². The fourth-order valence-electron chi connectivity index (χ4n) is 2.92. The summed E-state index contributed by atoms with van der Waals surface area (Å²) in [6.07, 6.45) is 0. The first-order chi connectivity index (χ1) is 9.74. The summed E-state index contributed by atoms with van der Waals surface area (Å²) in [5.41, 5.74) is 1.11. The zero-order valence-corrected chi connectivity index (χ0v) is 11.9. The second-order valence-electron chi connectivity index (χ2n) is 5.53. The summed E-state index contributed by atoms with van der Waals surface area (Å²) >= 11 is 0. The SMILES string of the molecule is CN1CCN(C(C2=NCCN2)c2cccc(O)c2)CC1. The van der Waals surface area contributed by atoms with E-state index in [1.807, 2.05) is 12.1 Å². The molecule has 1 fully saturated rings. The molecule has 20 heavy (non-hydrogen) atoms. The number of hydrogen-bond acceptors (Lipinski definition) is 5.